The van der Waals surface area contributed by atoms with Crippen LogP contribution in [0.5, 0.6) is 0 Å². The van der Waals surface area contributed by atoms with Gasteiger partial charge in [-0.05, 0) is 40.8 Å². The molecule has 0 saturated heterocycles. The Balaban J connectivity index is 2.56. The van der Waals surface area contributed by atoms with Gasteiger partial charge in [0.2, 0.25) is 0 Å². The molecule has 0 saturated carbocycles. The lowest BCUT2D eigenvalue weighted by atomic mass is 10.0. The molecule has 0 heterocycles. The van der Waals surface area contributed by atoms with Gasteiger partial charge < -0.3 is 5.73 Å². The van der Waals surface area contributed by atoms with Crippen molar-refractivity contribution in [3.05, 3.63) is 41.5 Å². The van der Waals surface area contributed by atoms with Crippen molar-refractivity contribution in [2.24, 2.45) is 0 Å². The van der Waals surface area contributed by atoms with Gasteiger partial charge in [0.05, 0.1) is 0 Å². The fraction of sp³-hybridized carbons (Fsp3) is 0.167. The van der Waals surface area contributed by atoms with Gasteiger partial charge in [0.15, 0.2) is 0 Å². The van der Waals surface area contributed by atoms with E-state index in [1.54, 1.807) is 0 Å². The molecule has 0 aromatic heterocycles. The predicted octanol–water partition coefficient (Wildman–Crippen LogP) is 2.52. The Morgan fingerprint density at radius 1 is 1.00 bits per heavy atom. The molecule has 2 aromatic carbocycles. The molecule has 0 radical (unpaired) electrons. The second kappa shape index (κ2) is 2.25. The molecule has 0 bridgehead atoms. The molecule has 1 aliphatic carbocycles. The van der Waals surface area contributed by atoms with Crippen molar-refractivity contribution in [2.45, 2.75) is 12.8 Å². The van der Waals surface area contributed by atoms with E-state index in [1.807, 2.05) is 6.07 Å². The summed E-state index contributed by atoms with van der Waals surface area (Å²) in [4.78, 5) is 0. The molecule has 0 amide bonds. The Bertz CT molecular complexity index is 486. The molecule has 64 valence electrons. The quantitative estimate of drug-likeness (QED) is 0.602. The number of aryl methyl sites for hydroxylation is 2. The normalized spacial score (nSPS) is 13.8. The molecule has 13 heavy (non-hydrogen) atoms. The van der Waals surface area contributed by atoms with Crippen LogP contribution in [-0.4, -0.2) is 0 Å². The summed E-state index contributed by atoms with van der Waals surface area (Å²) in [6.07, 6.45) is 2.27. The Kier molecular flexibility index (Phi) is 1.21. The van der Waals surface area contributed by atoms with Crippen LogP contribution in [0, 0.1) is 0 Å². The third-order valence-corrected chi connectivity index (χ3v) is 2.92. The Morgan fingerprint density at radius 3 is 2.85 bits per heavy atom. The highest BCUT2D eigenvalue weighted by atomic mass is 14.6. The first-order chi connectivity index (χ1) is 6.36. The summed E-state index contributed by atoms with van der Waals surface area (Å²) in [6.45, 7) is 0. The number of anilines is 1. The van der Waals surface area contributed by atoms with Crippen LogP contribution in [0.15, 0.2) is 30.3 Å². The zero-order valence-electron chi connectivity index (χ0n) is 7.38. The molecule has 1 nitrogen and oxygen atoms in total. The number of hydrogen-bond donors (Lipinski definition) is 1. The first-order valence-electron chi connectivity index (χ1n) is 4.65. The van der Waals surface area contributed by atoms with Crippen molar-refractivity contribution < 1.29 is 0 Å². The van der Waals surface area contributed by atoms with E-state index in [2.05, 4.69) is 24.3 Å². The van der Waals surface area contributed by atoms with Gasteiger partial charge in [0.1, 0.15) is 0 Å². The van der Waals surface area contributed by atoms with E-state index in [0.717, 1.165) is 18.5 Å². The molecule has 1 heteroatoms. The van der Waals surface area contributed by atoms with Gasteiger partial charge in [-0.1, -0.05) is 24.3 Å². The SMILES string of the molecule is Nc1ccc2cccc3c2c1CC3. The third-order valence-electron chi connectivity index (χ3n) is 2.92. The van der Waals surface area contributed by atoms with E-state index in [0.29, 0.717) is 0 Å². The predicted molar refractivity (Wildman–Crippen MR) is 55.8 cm³/mol. The van der Waals surface area contributed by atoms with Crippen molar-refractivity contribution in [1.82, 2.24) is 0 Å². The lowest BCUT2D eigenvalue weighted by Crippen LogP contribution is -1.90. The molecule has 1 aliphatic rings. The van der Waals surface area contributed by atoms with Gasteiger partial charge in [-0.3, -0.25) is 0 Å². The van der Waals surface area contributed by atoms with E-state index in [9.17, 15) is 0 Å². The number of hydrogen-bond acceptors (Lipinski definition) is 1. The summed E-state index contributed by atoms with van der Waals surface area (Å²) >= 11 is 0. The number of rotatable bonds is 0. The van der Waals surface area contributed by atoms with Gasteiger partial charge in [-0.25, -0.2) is 0 Å². The molecule has 2 aromatic rings. The summed E-state index contributed by atoms with van der Waals surface area (Å²) < 4.78 is 0. The lowest BCUT2D eigenvalue weighted by Gasteiger charge is -2.03. The second-order valence-corrected chi connectivity index (χ2v) is 3.65. The first-order valence-corrected chi connectivity index (χ1v) is 4.65. The maximum absolute atomic E-state index is 5.93. The largest absolute Gasteiger partial charge is 0.398 e. The summed E-state index contributed by atoms with van der Waals surface area (Å²) in [5, 5.41) is 2.74. The zero-order valence-corrected chi connectivity index (χ0v) is 7.38. The van der Waals surface area contributed by atoms with E-state index < -0.39 is 0 Å². The van der Waals surface area contributed by atoms with E-state index >= 15 is 0 Å². The monoisotopic (exact) mass is 169 g/mol. The minimum atomic E-state index is 0.956. The molecule has 2 N–H and O–H groups in total. The van der Waals surface area contributed by atoms with Gasteiger partial charge in [-0.15, -0.1) is 0 Å². The van der Waals surface area contributed by atoms with Crippen LogP contribution in [-0.2, 0) is 12.8 Å². The summed E-state index contributed by atoms with van der Waals surface area (Å²) in [6, 6.07) is 10.6. The maximum atomic E-state index is 5.93. The highest BCUT2D eigenvalue weighted by molar-refractivity contribution is 5.94. The van der Waals surface area contributed by atoms with Crippen LogP contribution in [0.2, 0.25) is 0 Å². The number of benzene rings is 2. The molecule has 0 atom stereocenters. The molecule has 0 spiro atoms. The third kappa shape index (κ3) is 0.816. The van der Waals surface area contributed by atoms with Crippen LogP contribution in [0.3, 0.4) is 0 Å². The average molecular weight is 169 g/mol. The molecule has 0 aliphatic heterocycles. The summed E-state index contributed by atoms with van der Waals surface area (Å²) in [7, 11) is 0. The second-order valence-electron chi connectivity index (χ2n) is 3.65. The standard InChI is InChI=1S/C12H11N/c13-11-7-5-9-3-1-2-8-4-6-10(11)12(8)9/h1-3,5,7H,4,6,13H2. The van der Waals surface area contributed by atoms with Crippen LogP contribution in [0.1, 0.15) is 11.1 Å². The Morgan fingerprint density at radius 2 is 1.92 bits per heavy atom. The van der Waals surface area contributed by atoms with Crippen molar-refractivity contribution in [3.63, 3.8) is 0 Å². The maximum Gasteiger partial charge on any atom is 0.0353 e. The smallest absolute Gasteiger partial charge is 0.0353 e. The zero-order chi connectivity index (χ0) is 8.84. The van der Waals surface area contributed by atoms with Crippen LogP contribution >= 0.6 is 0 Å². The highest BCUT2D eigenvalue weighted by Crippen LogP contribution is 2.33. The molecular weight excluding hydrogens is 158 g/mol. The van der Waals surface area contributed by atoms with Crippen LogP contribution in [0.25, 0.3) is 10.8 Å². The van der Waals surface area contributed by atoms with E-state index in [1.165, 1.54) is 21.9 Å². The molecule has 3 rings (SSSR count). The summed E-state index contributed by atoms with van der Waals surface area (Å²) in [5.41, 5.74) is 9.70. The summed E-state index contributed by atoms with van der Waals surface area (Å²) in [5.74, 6) is 0. The van der Waals surface area contributed by atoms with Crippen molar-refractivity contribution in [3.8, 4) is 0 Å². The topological polar surface area (TPSA) is 26.0 Å². The van der Waals surface area contributed by atoms with Crippen molar-refractivity contribution in [2.75, 3.05) is 5.73 Å². The number of nitrogens with two attached hydrogens (primary N) is 1. The molecular formula is C12H11N. The lowest BCUT2D eigenvalue weighted by molar-refractivity contribution is 1.03. The molecule has 0 fully saturated rings. The highest BCUT2D eigenvalue weighted by Gasteiger charge is 2.15. The van der Waals surface area contributed by atoms with Gasteiger partial charge in [-0.2, -0.15) is 0 Å². The number of nitrogen functional groups attached to an aromatic ring is 1. The fourth-order valence-corrected chi connectivity index (χ4v) is 2.29. The molecule has 0 unspecified atom stereocenters. The van der Waals surface area contributed by atoms with Gasteiger partial charge in [0, 0.05) is 5.69 Å². The van der Waals surface area contributed by atoms with E-state index in [-0.39, 0.29) is 0 Å². The Hall–Kier alpha value is -1.50. The minimum Gasteiger partial charge on any atom is -0.398 e. The fourth-order valence-electron chi connectivity index (χ4n) is 2.29. The van der Waals surface area contributed by atoms with E-state index in [4.69, 9.17) is 5.73 Å². The van der Waals surface area contributed by atoms with Crippen LogP contribution in [0.4, 0.5) is 5.69 Å². The van der Waals surface area contributed by atoms with Crippen LogP contribution < -0.4 is 5.73 Å². The van der Waals surface area contributed by atoms with Crippen molar-refractivity contribution >= 4 is 16.5 Å². The minimum absolute atomic E-state index is 0.956. The van der Waals surface area contributed by atoms with Gasteiger partial charge in [0.25, 0.3) is 0 Å². The van der Waals surface area contributed by atoms with Gasteiger partial charge >= 0.3 is 0 Å². The first kappa shape index (κ1) is 6.96. The Labute approximate surface area is 77.2 Å². The van der Waals surface area contributed by atoms with Crippen molar-refractivity contribution in [1.29, 1.82) is 0 Å². The average Bonchev–Trinajstić information content (AvgIpc) is 2.57.